The van der Waals surface area contributed by atoms with Gasteiger partial charge in [0.1, 0.15) is 49.9 Å². The monoisotopic (exact) mass is 984 g/mol. The number of benzene rings is 3. The van der Waals surface area contributed by atoms with Crippen LogP contribution in [0.5, 0.6) is 11.5 Å². The first-order valence-corrected chi connectivity index (χ1v) is 24.1. The molecule has 5 N–H and O–H groups in total. The predicted octanol–water partition coefficient (Wildman–Crippen LogP) is 5.71. The number of carbonyl (C=O) groups is 1. The van der Waals surface area contributed by atoms with E-state index in [1.807, 2.05) is 80.9 Å². The number of β-amino-alcohol motifs (C(OH)–C–C–N with tert-alkyl or cyclic N) is 1. The van der Waals surface area contributed by atoms with Crippen LogP contribution in [0.15, 0.2) is 77.5 Å². The Kier molecular flexibility index (Phi) is 17.4. The molecule has 1 amide bonds. The molecular weight excluding hydrogens is 925 g/mol. The summed E-state index contributed by atoms with van der Waals surface area (Å²) in [6.07, 6.45) is 6.60. The summed E-state index contributed by atoms with van der Waals surface area (Å²) in [6.45, 7) is 10.3. The maximum absolute atomic E-state index is 13.7. The Morgan fingerprint density at radius 3 is 2.46 bits per heavy atom. The molecule has 17 nitrogen and oxygen atoms in total. The van der Waals surface area contributed by atoms with Gasteiger partial charge in [0.15, 0.2) is 17.2 Å². The predicted molar refractivity (Wildman–Crippen MR) is 272 cm³/mol. The van der Waals surface area contributed by atoms with Gasteiger partial charge in [-0.2, -0.15) is 4.99 Å². The van der Waals surface area contributed by atoms with Crippen molar-refractivity contribution < 1.29 is 43.5 Å². The average Bonchev–Trinajstić information content (AvgIpc) is 4.06. The number of amidine groups is 1. The zero-order valence-electron chi connectivity index (χ0n) is 41.0. The lowest BCUT2D eigenvalue weighted by Crippen LogP contribution is -2.69. The van der Waals surface area contributed by atoms with Crippen LogP contribution in [0.25, 0.3) is 21.3 Å². The van der Waals surface area contributed by atoms with E-state index in [9.17, 15) is 15.0 Å². The van der Waals surface area contributed by atoms with Gasteiger partial charge in [-0.25, -0.2) is 20.4 Å². The quantitative estimate of drug-likeness (QED) is 0.0244. The number of likely N-dealkylation sites (tertiary alicyclic amines) is 1. The van der Waals surface area contributed by atoms with Gasteiger partial charge in [0.25, 0.3) is 5.91 Å². The Morgan fingerprint density at radius 1 is 1.01 bits per heavy atom. The number of carbonyl (C=O) groups excluding carboxylic acids is 1. The summed E-state index contributed by atoms with van der Waals surface area (Å²) in [6, 6.07) is 18.1. The summed E-state index contributed by atoms with van der Waals surface area (Å²) in [4.78, 5) is 40.3. The third-order valence-electron chi connectivity index (χ3n) is 12.1. The summed E-state index contributed by atoms with van der Waals surface area (Å²) in [5.74, 6) is 13.6. The SMILES string of the molecule is C#Cc1cccc(Nc2ncnc3cc(OCCOC)c(OCCOCC#CC#CCO[C@@](C)(ONC)C(O)(CC(C)C)N4C[C@H](O)C[C@@H]4C4=NC(=O)[C@](C)(c5ccc(-c6scnc6C)cc5)N4)cc23)c1. The van der Waals surface area contributed by atoms with Crippen molar-refractivity contribution in [2.45, 2.75) is 76.7 Å². The number of aliphatic hydroxyl groups excluding tert-OH is 1. The summed E-state index contributed by atoms with van der Waals surface area (Å²) in [5, 5.41) is 31.4. The molecule has 0 aliphatic carbocycles. The molecular formula is C53H60N8O9S. The van der Waals surface area contributed by atoms with Crippen LogP contribution in [0.2, 0.25) is 0 Å². The van der Waals surface area contributed by atoms with Gasteiger partial charge in [0.2, 0.25) is 5.79 Å². The second-order valence-electron chi connectivity index (χ2n) is 17.6. The van der Waals surface area contributed by atoms with Crippen LogP contribution in [-0.4, -0.2) is 126 Å². The van der Waals surface area contributed by atoms with Gasteiger partial charge in [-0.1, -0.05) is 61.9 Å². The van der Waals surface area contributed by atoms with Crippen molar-refractivity contribution in [1.29, 1.82) is 0 Å². The lowest BCUT2D eigenvalue weighted by molar-refractivity contribution is -0.369. The second-order valence-corrected chi connectivity index (χ2v) is 18.5. The Labute approximate surface area is 418 Å². The number of aromatic nitrogens is 3. The lowest BCUT2D eigenvalue weighted by atomic mass is 9.89. The molecule has 5 atom stereocenters. The van der Waals surface area contributed by atoms with Gasteiger partial charge < -0.3 is 44.5 Å². The first-order chi connectivity index (χ1) is 34.2. The molecule has 0 bridgehead atoms. The number of rotatable bonds is 22. The molecule has 2 aliphatic heterocycles. The number of ether oxygens (including phenoxy) is 5. The van der Waals surface area contributed by atoms with Crippen molar-refractivity contribution in [2.24, 2.45) is 10.9 Å². The molecule has 1 fully saturated rings. The fourth-order valence-corrected chi connectivity index (χ4v) is 9.41. The third-order valence-corrected chi connectivity index (χ3v) is 13.1. The molecule has 18 heteroatoms. The summed E-state index contributed by atoms with van der Waals surface area (Å²) >= 11 is 1.56. The molecule has 372 valence electrons. The largest absolute Gasteiger partial charge is 0.487 e. The number of fused-ring (bicyclic) bond motifs is 1. The highest BCUT2D eigenvalue weighted by atomic mass is 32.1. The number of methoxy groups -OCH3 is 1. The third kappa shape index (κ3) is 12.2. The van der Waals surface area contributed by atoms with Crippen LogP contribution in [0.4, 0.5) is 11.5 Å². The number of anilines is 2. The number of aryl methyl sites for hydroxylation is 1. The number of nitrogens with zero attached hydrogens (tertiary/aromatic N) is 5. The summed E-state index contributed by atoms with van der Waals surface area (Å²) in [7, 11) is 3.16. The minimum absolute atomic E-state index is 0.0547. The number of amides is 1. The molecule has 1 saturated heterocycles. The minimum atomic E-state index is -1.86. The number of nitrogens with one attached hydrogen (secondary N) is 3. The molecule has 0 saturated carbocycles. The number of terminal acetylenes is 1. The Hall–Kier alpha value is -6.47. The molecule has 2 aromatic heterocycles. The van der Waals surface area contributed by atoms with Gasteiger partial charge in [0.05, 0.1) is 47.0 Å². The van der Waals surface area contributed by atoms with Gasteiger partial charge >= 0.3 is 0 Å². The van der Waals surface area contributed by atoms with Crippen molar-refractivity contribution in [1.82, 2.24) is 30.6 Å². The van der Waals surface area contributed by atoms with Crippen molar-refractivity contribution in [3.05, 3.63) is 89.3 Å². The second kappa shape index (κ2) is 23.6. The molecule has 2 aliphatic rings. The number of aliphatic hydroxyl groups is 2. The van der Waals surface area contributed by atoms with E-state index in [1.54, 1.807) is 50.3 Å². The number of hydrogen-bond acceptors (Lipinski definition) is 17. The zero-order valence-corrected chi connectivity index (χ0v) is 41.8. The Balaban J connectivity index is 0.966. The van der Waals surface area contributed by atoms with E-state index in [-0.39, 0.29) is 57.6 Å². The van der Waals surface area contributed by atoms with Crippen LogP contribution in [0.3, 0.4) is 0 Å². The van der Waals surface area contributed by atoms with Crippen molar-refractivity contribution in [2.75, 3.05) is 65.7 Å². The van der Waals surface area contributed by atoms with Gasteiger partial charge in [-0.05, 0) is 86.8 Å². The lowest BCUT2D eigenvalue weighted by Gasteiger charge is -2.50. The molecule has 0 spiro atoms. The molecule has 3 aromatic carbocycles. The van der Waals surface area contributed by atoms with E-state index in [4.69, 9.17) is 34.9 Å². The maximum Gasteiger partial charge on any atom is 0.277 e. The van der Waals surface area contributed by atoms with Gasteiger partial charge in [-0.15, -0.1) is 17.8 Å². The normalized spacial score (nSPS) is 19.4. The molecule has 5 aromatic rings. The fourth-order valence-electron chi connectivity index (χ4n) is 8.60. The Bertz CT molecular complexity index is 2870. The number of thiazole rings is 1. The molecule has 0 radical (unpaired) electrons. The topological polar surface area (TPSA) is 203 Å². The molecule has 7 rings (SSSR count). The minimum Gasteiger partial charge on any atom is -0.487 e. The van der Waals surface area contributed by atoms with Crippen LogP contribution in [0, 0.1) is 48.9 Å². The number of aliphatic imine (C=N–C) groups is 1. The van der Waals surface area contributed by atoms with E-state index < -0.39 is 29.2 Å². The highest BCUT2D eigenvalue weighted by Gasteiger charge is 2.60. The van der Waals surface area contributed by atoms with Gasteiger partial charge in [0, 0.05) is 43.4 Å². The smallest absolute Gasteiger partial charge is 0.277 e. The van der Waals surface area contributed by atoms with E-state index >= 15 is 0 Å². The van der Waals surface area contributed by atoms with Crippen molar-refractivity contribution in [3.8, 4) is 58.0 Å². The molecule has 4 heterocycles. The maximum atomic E-state index is 13.7. The fraction of sp³-hybridized carbons (Fsp3) is 0.415. The van der Waals surface area contributed by atoms with Crippen molar-refractivity contribution in [3.63, 3.8) is 0 Å². The van der Waals surface area contributed by atoms with Gasteiger partial charge in [-0.3, -0.25) is 14.5 Å². The highest BCUT2D eigenvalue weighted by Crippen LogP contribution is 2.42. The zero-order chi connectivity index (χ0) is 50.6. The van der Waals surface area contributed by atoms with E-state index in [0.29, 0.717) is 47.3 Å². The molecule has 71 heavy (non-hydrogen) atoms. The van der Waals surface area contributed by atoms with Crippen molar-refractivity contribution >= 4 is 45.5 Å². The van der Waals surface area contributed by atoms with Crippen LogP contribution < -0.4 is 25.6 Å². The first-order valence-electron chi connectivity index (χ1n) is 23.2. The first kappa shape index (κ1) is 52.4. The standard InChI is InChI=1S/C53H60N8O9S/c1-9-37-15-14-16-40(27-37)58-48-42-29-45(46(67-25-23-65-8)30-43(42)55-33-56-48)68-26-24-66-21-12-10-11-13-22-69-52(6,70-54-7)53(64,31-35(2)3)61-32-41(62)28-44(61)49-59-50(63)51(5,60-49)39-19-17-38(18-20-39)47-36(4)57-34-71-47/h1,14-20,27,29-30,33-35,41,44,54,62,64H,21-26,28,31-32H2,2-8H3,(H,55,56,58)(H,59,60,63)/t41-,44-,51+,52+,53?/m1/s1. The van der Waals surface area contributed by atoms with Crippen LogP contribution in [0.1, 0.15) is 57.4 Å². The van der Waals surface area contributed by atoms with Crippen LogP contribution in [-0.2, 0) is 29.4 Å². The average molecular weight is 985 g/mol. The Morgan fingerprint density at radius 2 is 1.76 bits per heavy atom. The highest BCUT2D eigenvalue weighted by molar-refractivity contribution is 7.13. The van der Waals surface area contributed by atoms with Crippen LogP contribution >= 0.6 is 11.3 Å². The molecule has 1 unspecified atom stereocenters. The summed E-state index contributed by atoms with van der Waals surface area (Å²) < 4.78 is 29.3. The van der Waals surface area contributed by atoms with E-state index in [0.717, 1.165) is 32.9 Å². The number of hydroxylamine groups is 1. The van der Waals surface area contributed by atoms with E-state index in [1.165, 1.54) is 6.33 Å². The number of hydrogen-bond donors (Lipinski definition) is 5. The summed E-state index contributed by atoms with van der Waals surface area (Å²) in [5.41, 5.74) is 6.28. The van der Waals surface area contributed by atoms with E-state index in [2.05, 4.69) is 65.7 Å².